The van der Waals surface area contributed by atoms with Crippen molar-refractivity contribution in [2.24, 2.45) is 5.73 Å². The van der Waals surface area contributed by atoms with Gasteiger partial charge in [-0.05, 0) is 18.6 Å². The number of aliphatic hydroxyl groups excluding tert-OH is 1. The predicted octanol–water partition coefficient (Wildman–Crippen LogP) is 1.78. The van der Waals surface area contributed by atoms with E-state index in [0.29, 0.717) is 5.56 Å². The first kappa shape index (κ1) is 10.4. The van der Waals surface area contributed by atoms with Crippen LogP contribution in [0.5, 0.6) is 0 Å². The Bertz CT molecular complexity index is 317. The Labute approximate surface area is 81.1 Å². The number of halogens is 2. The Balaban J connectivity index is 3.25. The average molecular weight is 204 g/mol. The highest BCUT2D eigenvalue weighted by Crippen LogP contribution is 2.26. The first-order chi connectivity index (χ1) is 6.07. The van der Waals surface area contributed by atoms with Crippen LogP contribution in [0.25, 0.3) is 0 Å². The summed E-state index contributed by atoms with van der Waals surface area (Å²) in [5, 5.41) is 9.40. The molecule has 4 heteroatoms. The van der Waals surface area contributed by atoms with Crippen LogP contribution >= 0.6 is 11.6 Å². The molecule has 0 heterocycles. The standard InChI is InChI=1S/C9H11ClFNO/c1-5-2-3-6(10)9(11)8(5)7(13)4-12/h2-3,7,13H,4,12H2,1H3. The van der Waals surface area contributed by atoms with Crippen molar-refractivity contribution >= 4 is 11.6 Å². The number of benzene rings is 1. The minimum atomic E-state index is -0.987. The topological polar surface area (TPSA) is 46.2 Å². The summed E-state index contributed by atoms with van der Waals surface area (Å²) in [7, 11) is 0. The molecule has 1 aromatic rings. The molecule has 0 amide bonds. The van der Waals surface area contributed by atoms with Gasteiger partial charge in [0.05, 0.1) is 11.1 Å². The summed E-state index contributed by atoms with van der Waals surface area (Å²) in [5.41, 5.74) is 6.07. The average Bonchev–Trinajstić information content (AvgIpc) is 2.12. The van der Waals surface area contributed by atoms with Crippen LogP contribution in [0.4, 0.5) is 4.39 Å². The fourth-order valence-corrected chi connectivity index (χ4v) is 1.35. The molecule has 1 atom stereocenters. The van der Waals surface area contributed by atoms with Gasteiger partial charge in [0.25, 0.3) is 0 Å². The second kappa shape index (κ2) is 4.05. The molecule has 1 aromatic carbocycles. The summed E-state index contributed by atoms with van der Waals surface area (Å²) in [6.07, 6.45) is -0.987. The lowest BCUT2D eigenvalue weighted by Crippen LogP contribution is -2.14. The van der Waals surface area contributed by atoms with Crippen molar-refractivity contribution in [2.45, 2.75) is 13.0 Å². The van der Waals surface area contributed by atoms with Crippen molar-refractivity contribution in [3.05, 3.63) is 34.1 Å². The zero-order valence-corrected chi connectivity index (χ0v) is 7.98. The molecule has 0 aliphatic heterocycles. The molecule has 2 nitrogen and oxygen atoms in total. The molecule has 72 valence electrons. The summed E-state index contributed by atoms with van der Waals surface area (Å²) < 4.78 is 13.4. The molecule has 13 heavy (non-hydrogen) atoms. The van der Waals surface area contributed by atoms with Crippen LogP contribution in [0.15, 0.2) is 12.1 Å². The van der Waals surface area contributed by atoms with Gasteiger partial charge < -0.3 is 10.8 Å². The van der Waals surface area contributed by atoms with E-state index in [1.807, 2.05) is 0 Å². The lowest BCUT2D eigenvalue weighted by Gasteiger charge is -2.13. The van der Waals surface area contributed by atoms with Gasteiger partial charge in [-0.1, -0.05) is 17.7 Å². The number of rotatable bonds is 2. The van der Waals surface area contributed by atoms with E-state index in [-0.39, 0.29) is 17.1 Å². The Morgan fingerprint density at radius 2 is 2.23 bits per heavy atom. The van der Waals surface area contributed by atoms with E-state index in [0.717, 1.165) is 0 Å². The molecule has 1 unspecified atom stereocenters. The quantitative estimate of drug-likeness (QED) is 0.770. The van der Waals surface area contributed by atoms with Gasteiger partial charge in [0.2, 0.25) is 0 Å². The Hall–Kier alpha value is -0.640. The molecule has 0 aromatic heterocycles. The van der Waals surface area contributed by atoms with Gasteiger partial charge >= 0.3 is 0 Å². The van der Waals surface area contributed by atoms with E-state index < -0.39 is 11.9 Å². The van der Waals surface area contributed by atoms with E-state index in [1.165, 1.54) is 6.07 Å². The van der Waals surface area contributed by atoms with E-state index >= 15 is 0 Å². The number of hydrogen-bond donors (Lipinski definition) is 2. The van der Waals surface area contributed by atoms with Crippen molar-refractivity contribution in [3.8, 4) is 0 Å². The molecule has 0 saturated heterocycles. The lowest BCUT2D eigenvalue weighted by atomic mass is 10.0. The number of aliphatic hydroxyl groups is 1. The lowest BCUT2D eigenvalue weighted by molar-refractivity contribution is 0.181. The van der Waals surface area contributed by atoms with Crippen LogP contribution in [0.3, 0.4) is 0 Å². The molecule has 3 N–H and O–H groups in total. The summed E-state index contributed by atoms with van der Waals surface area (Å²) in [6, 6.07) is 3.11. The molecule has 0 aliphatic carbocycles. The van der Waals surface area contributed by atoms with Crippen molar-refractivity contribution in [2.75, 3.05) is 6.54 Å². The molecule has 0 bridgehead atoms. The molecule has 0 saturated carbocycles. The van der Waals surface area contributed by atoms with Crippen LogP contribution in [0.2, 0.25) is 5.02 Å². The van der Waals surface area contributed by atoms with Gasteiger partial charge in [-0.2, -0.15) is 0 Å². The van der Waals surface area contributed by atoms with Crippen molar-refractivity contribution < 1.29 is 9.50 Å². The fourth-order valence-electron chi connectivity index (χ4n) is 1.19. The normalized spacial score (nSPS) is 13.0. The van der Waals surface area contributed by atoms with Crippen molar-refractivity contribution in [3.63, 3.8) is 0 Å². The molecular weight excluding hydrogens is 193 g/mol. The van der Waals surface area contributed by atoms with E-state index in [4.69, 9.17) is 17.3 Å². The molecular formula is C9H11ClFNO. The highest BCUT2D eigenvalue weighted by atomic mass is 35.5. The van der Waals surface area contributed by atoms with E-state index in [1.54, 1.807) is 13.0 Å². The van der Waals surface area contributed by atoms with Gasteiger partial charge in [0.1, 0.15) is 5.82 Å². The van der Waals surface area contributed by atoms with Crippen LogP contribution in [-0.4, -0.2) is 11.7 Å². The maximum atomic E-state index is 13.4. The number of aryl methyl sites for hydroxylation is 1. The number of nitrogens with two attached hydrogens (primary N) is 1. The van der Waals surface area contributed by atoms with E-state index in [9.17, 15) is 9.50 Å². The van der Waals surface area contributed by atoms with E-state index in [2.05, 4.69) is 0 Å². The predicted molar refractivity (Wildman–Crippen MR) is 50.2 cm³/mol. The van der Waals surface area contributed by atoms with Gasteiger partial charge in [-0.15, -0.1) is 0 Å². The van der Waals surface area contributed by atoms with Crippen molar-refractivity contribution in [1.82, 2.24) is 0 Å². The third-order valence-corrected chi connectivity index (χ3v) is 2.20. The highest BCUT2D eigenvalue weighted by Gasteiger charge is 2.16. The van der Waals surface area contributed by atoms with Crippen LogP contribution in [-0.2, 0) is 0 Å². The van der Waals surface area contributed by atoms with Gasteiger partial charge in [0.15, 0.2) is 0 Å². The van der Waals surface area contributed by atoms with Gasteiger partial charge in [-0.3, -0.25) is 0 Å². The smallest absolute Gasteiger partial charge is 0.147 e. The summed E-state index contributed by atoms with van der Waals surface area (Å²) in [5.74, 6) is -0.584. The zero-order valence-electron chi connectivity index (χ0n) is 7.22. The Morgan fingerprint density at radius 1 is 1.62 bits per heavy atom. The van der Waals surface area contributed by atoms with Crippen LogP contribution < -0.4 is 5.73 Å². The second-order valence-electron chi connectivity index (χ2n) is 2.84. The third kappa shape index (κ3) is 1.99. The fraction of sp³-hybridized carbons (Fsp3) is 0.333. The van der Waals surface area contributed by atoms with Crippen LogP contribution in [0.1, 0.15) is 17.2 Å². The second-order valence-corrected chi connectivity index (χ2v) is 3.25. The first-order valence-electron chi connectivity index (χ1n) is 3.90. The molecule has 0 radical (unpaired) electrons. The zero-order chi connectivity index (χ0) is 10.0. The monoisotopic (exact) mass is 203 g/mol. The molecule has 0 fully saturated rings. The Morgan fingerprint density at radius 3 is 2.77 bits per heavy atom. The number of hydrogen-bond acceptors (Lipinski definition) is 2. The summed E-state index contributed by atoms with van der Waals surface area (Å²) in [4.78, 5) is 0. The highest BCUT2D eigenvalue weighted by molar-refractivity contribution is 6.30. The maximum Gasteiger partial charge on any atom is 0.147 e. The van der Waals surface area contributed by atoms with Gasteiger partial charge in [0, 0.05) is 12.1 Å². The Kier molecular flexibility index (Phi) is 3.25. The van der Waals surface area contributed by atoms with Crippen LogP contribution in [0, 0.1) is 12.7 Å². The molecule has 1 rings (SSSR count). The van der Waals surface area contributed by atoms with Crippen molar-refractivity contribution in [1.29, 1.82) is 0 Å². The summed E-state index contributed by atoms with van der Waals surface area (Å²) in [6.45, 7) is 1.69. The maximum absolute atomic E-state index is 13.4. The molecule has 0 aliphatic rings. The molecule has 0 spiro atoms. The minimum Gasteiger partial charge on any atom is -0.387 e. The SMILES string of the molecule is Cc1ccc(Cl)c(F)c1C(O)CN. The first-order valence-corrected chi connectivity index (χ1v) is 4.28. The van der Waals surface area contributed by atoms with Gasteiger partial charge in [-0.25, -0.2) is 4.39 Å². The third-order valence-electron chi connectivity index (χ3n) is 1.91. The minimum absolute atomic E-state index is 0.00750. The summed E-state index contributed by atoms with van der Waals surface area (Å²) >= 11 is 5.56. The largest absolute Gasteiger partial charge is 0.387 e.